The van der Waals surface area contributed by atoms with E-state index < -0.39 is 11.8 Å². The number of aliphatic hydroxyl groups is 1. The molecular formula is C26H35NO5. The molecule has 0 fully saturated rings. The van der Waals surface area contributed by atoms with Crippen molar-refractivity contribution < 1.29 is 24.7 Å². The van der Waals surface area contributed by atoms with E-state index in [0.717, 1.165) is 16.7 Å². The second-order valence-electron chi connectivity index (χ2n) is 6.05. The van der Waals surface area contributed by atoms with Crippen molar-refractivity contribution in [2.75, 3.05) is 0 Å². The topological polar surface area (TPSA) is 104 Å². The molecule has 1 amide bonds. The van der Waals surface area contributed by atoms with Crippen LogP contribution in [-0.4, -0.2) is 27.8 Å². The molecule has 174 valence electrons. The molecule has 0 aliphatic carbocycles. The minimum absolute atomic E-state index is 0.0419. The van der Waals surface area contributed by atoms with E-state index in [9.17, 15) is 14.4 Å². The van der Waals surface area contributed by atoms with Crippen LogP contribution >= 0.6 is 0 Å². The Hall–Kier alpha value is -3.27. The summed E-state index contributed by atoms with van der Waals surface area (Å²) in [4.78, 5) is 31.9. The molecule has 2 aromatic carbocycles. The molecule has 2 rings (SSSR count). The fourth-order valence-electron chi connectivity index (χ4n) is 1.91. The summed E-state index contributed by atoms with van der Waals surface area (Å²) >= 11 is 0. The van der Waals surface area contributed by atoms with Crippen LogP contribution in [0.4, 0.5) is 0 Å². The van der Waals surface area contributed by atoms with E-state index in [1.54, 1.807) is 19.1 Å². The molecule has 0 radical (unpaired) electrons. The summed E-state index contributed by atoms with van der Waals surface area (Å²) in [5.41, 5.74) is 4.72. The zero-order valence-corrected chi connectivity index (χ0v) is 20.0. The first-order valence-electron chi connectivity index (χ1n) is 10.6. The minimum atomic E-state index is -0.755. The molecule has 0 saturated heterocycles. The molecule has 6 nitrogen and oxygen atoms in total. The van der Waals surface area contributed by atoms with Crippen molar-refractivity contribution in [3.05, 3.63) is 70.8 Å². The molecule has 0 saturated carbocycles. The van der Waals surface area contributed by atoms with Crippen LogP contribution in [0.1, 0.15) is 75.5 Å². The monoisotopic (exact) mass is 441 g/mol. The number of amides is 1. The Labute approximate surface area is 191 Å². The van der Waals surface area contributed by atoms with Crippen LogP contribution in [-0.2, 0) is 16.2 Å². The Morgan fingerprint density at radius 1 is 0.844 bits per heavy atom. The van der Waals surface area contributed by atoms with Gasteiger partial charge in [0, 0.05) is 16.7 Å². The van der Waals surface area contributed by atoms with Crippen LogP contribution in [0.15, 0.2) is 48.5 Å². The number of carbonyl (C=O) groups excluding carboxylic acids is 3. The highest BCUT2D eigenvalue weighted by molar-refractivity contribution is 5.99. The zero-order chi connectivity index (χ0) is 25.1. The molecule has 1 atom stereocenters. The van der Waals surface area contributed by atoms with Gasteiger partial charge in [-0.3, -0.25) is 19.6 Å². The third-order valence-corrected chi connectivity index (χ3v) is 3.89. The highest BCUT2D eigenvalue weighted by atomic mass is 16.5. The molecule has 3 N–H and O–H groups in total. The molecule has 1 unspecified atom stereocenters. The average Bonchev–Trinajstić information content (AvgIpc) is 2.85. The van der Waals surface area contributed by atoms with Gasteiger partial charge < -0.3 is 5.11 Å². The number of carbonyl (C=O) groups is 3. The van der Waals surface area contributed by atoms with Gasteiger partial charge in [-0.1, -0.05) is 63.8 Å². The first kappa shape index (κ1) is 30.9. The molecule has 0 aliphatic rings. The Balaban J connectivity index is 0. The van der Waals surface area contributed by atoms with Crippen molar-refractivity contribution in [3.8, 4) is 11.8 Å². The second kappa shape index (κ2) is 18.5. The van der Waals surface area contributed by atoms with Crippen LogP contribution < -0.4 is 5.48 Å². The number of hydrogen-bond acceptors (Lipinski definition) is 5. The van der Waals surface area contributed by atoms with Gasteiger partial charge in [0.05, 0.1) is 12.5 Å². The van der Waals surface area contributed by atoms with Gasteiger partial charge in [-0.05, 0) is 50.6 Å². The highest BCUT2D eigenvalue weighted by Crippen LogP contribution is 2.06. The van der Waals surface area contributed by atoms with E-state index in [1.165, 1.54) is 19.3 Å². The van der Waals surface area contributed by atoms with Crippen LogP contribution in [0.25, 0.3) is 0 Å². The quantitative estimate of drug-likeness (QED) is 0.212. The SMILES string of the molecule is CC.CC.CC(=O)C(C)C(=O)NO.CC(=O)c1ccc(C#Cc2ccc(CO)cc2)cc1. The largest absolute Gasteiger partial charge is 0.392 e. The van der Waals surface area contributed by atoms with Crippen LogP contribution in [0.5, 0.6) is 0 Å². The summed E-state index contributed by atoms with van der Waals surface area (Å²) < 4.78 is 0. The lowest BCUT2D eigenvalue weighted by Crippen LogP contribution is -2.29. The molecule has 0 aliphatic heterocycles. The van der Waals surface area contributed by atoms with Crippen LogP contribution in [0.2, 0.25) is 0 Å². The van der Waals surface area contributed by atoms with Crippen molar-refractivity contribution in [1.29, 1.82) is 0 Å². The van der Waals surface area contributed by atoms with Crippen molar-refractivity contribution >= 4 is 17.5 Å². The maximum absolute atomic E-state index is 11.1. The number of ketones is 2. The fraction of sp³-hybridized carbons (Fsp3) is 0.346. The molecule has 0 bridgehead atoms. The zero-order valence-electron chi connectivity index (χ0n) is 20.0. The summed E-state index contributed by atoms with van der Waals surface area (Å²) in [7, 11) is 0. The number of rotatable bonds is 4. The number of nitrogens with one attached hydrogen (secondary N) is 1. The Bertz CT molecular complexity index is 875. The predicted octanol–water partition coefficient (Wildman–Crippen LogP) is 4.55. The minimum Gasteiger partial charge on any atom is -0.392 e. The van der Waals surface area contributed by atoms with Gasteiger partial charge in [0.25, 0.3) is 5.91 Å². The highest BCUT2D eigenvalue weighted by Gasteiger charge is 2.15. The lowest BCUT2D eigenvalue weighted by atomic mass is 10.1. The van der Waals surface area contributed by atoms with Gasteiger partial charge in [-0.15, -0.1) is 0 Å². The smallest absolute Gasteiger partial charge is 0.253 e. The normalized spacial score (nSPS) is 9.53. The van der Waals surface area contributed by atoms with E-state index in [2.05, 4.69) is 11.8 Å². The third kappa shape index (κ3) is 12.4. The van der Waals surface area contributed by atoms with Gasteiger partial charge in [0.2, 0.25) is 0 Å². The molecular weight excluding hydrogens is 406 g/mol. The lowest BCUT2D eigenvalue weighted by molar-refractivity contribution is -0.138. The fourth-order valence-corrected chi connectivity index (χ4v) is 1.91. The van der Waals surface area contributed by atoms with Crippen molar-refractivity contribution in [1.82, 2.24) is 5.48 Å². The van der Waals surface area contributed by atoms with Crippen molar-refractivity contribution in [2.24, 2.45) is 5.92 Å². The van der Waals surface area contributed by atoms with E-state index in [1.807, 2.05) is 64.1 Å². The summed E-state index contributed by atoms with van der Waals surface area (Å²) in [5.74, 6) is 4.46. The van der Waals surface area contributed by atoms with Gasteiger partial charge in [-0.2, -0.15) is 0 Å². The standard InChI is InChI=1S/C17H14O2.C5H9NO3.2C2H6/c1-13(19)17-10-8-15(9-11-17)3-2-14-4-6-16(12-18)7-5-14;1-3(4(2)7)5(8)6-9;2*1-2/h4-11,18H,12H2,1H3;3,9H,1-2H3,(H,6,8);2*1-2H3. The van der Waals surface area contributed by atoms with Gasteiger partial charge in [0.15, 0.2) is 5.78 Å². The molecule has 0 spiro atoms. The summed E-state index contributed by atoms with van der Waals surface area (Å²) in [6.07, 6.45) is 0. The first-order chi connectivity index (χ1) is 15.3. The van der Waals surface area contributed by atoms with Crippen molar-refractivity contribution in [2.45, 2.75) is 55.1 Å². The van der Waals surface area contributed by atoms with Crippen LogP contribution in [0, 0.1) is 17.8 Å². The van der Waals surface area contributed by atoms with E-state index in [-0.39, 0.29) is 18.2 Å². The number of hydroxylamine groups is 1. The number of benzene rings is 2. The summed E-state index contributed by atoms with van der Waals surface area (Å²) in [6, 6.07) is 14.7. The maximum Gasteiger partial charge on any atom is 0.253 e. The maximum atomic E-state index is 11.1. The molecule has 2 aromatic rings. The van der Waals surface area contributed by atoms with Crippen molar-refractivity contribution in [3.63, 3.8) is 0 Å². The predicted molar refractivity (Wildman–Crippen MR) is 127 cm³/mol. The van der Waals surface area contributed by atoms with E-state index >= 15 is 0 Å². The molecule has 6 heteroatoms. The Morgan fingerprint density at radius 2 is 1.25 bits per heavy atom. The molecule has 0 aromatic heterocycles. The van der Waals surface area contributed by atoms with Crippen LogP contribution in [0.3, 0.4) is 0 Å². The third-order valence-electron chi connectivity index (χ3n) is 3.89. The molecule has 32 heavy (non-hydrogen) atoms. The van der Waals surface area contributed by atoms with E-state index in [4.69, 9.17) is 10.3 Å². The second-order valence-corrected chi connectivity index (χ2v) is 6.05. The number of aliphatic hydroxyl groups excluding tert-OH is 1. The Kier molecular flexibility index (Phi) is 17.9. The summed E-state index contributed by atoms with van der Waals surface area (Å²) in [6.45, 7) is 12.3. The first-order valence-corrected chi connectivity index (χ1v) is 10.6. The van der Waals surface area contributed by atoms with E-state index in [0.29, 0.717) is 5.56 Å². The number of hydrogen-bond donors (Lipinski definition) is 3. The van der Waals surface area contributed by atoms with Gasteiger partial charge in [-0.25, -0.2) is 5.48 Å². The van der Waals surface area contributed by atoms with Gasteiger partial charge in [0.1, 0.15) is 5.78 Å². The number of Topliss-reactive ketones (excluding diaryl/α,β-unsaturated/α-hetero) is 2. The molecule has 0 heterocycles. The van der Waals surface area contributed by atoms with Gasteiger partial charge >= 0.3 is 0 Å². The summed E-state index contributed by atoms with van der Waals surface area (Å²) in [5, 5.41) is 16.9. The Morgan fingerprint density at radius 3 is 1.53 bits per heavy atom. The lowest BCUT2D eigenvalue weighted by Gasteiger charge is -2.01. The average molecular weight is 442 g/mol.